The SMILES string of the molecule is CCC1CCC2(CCC(C)C)CC12. The van der Waals surface area contributed by atoms with E-state index in [0.717, 1.165) is 23.2 Å². The Kier molecular flexibility index (Phi) is 2.42. The molecule has 3 atom stereocenters. The summed E-state index contributed by atoms with van der Waals surface area (Å²) in [7, 11) is 0. The lowest BCUT2D eigenvalue weighted by molar-refractivity contribution is 0.388. The lowest BCUT2D eigenvalue weighted by Gasteiger charge is -2.12. The second-order valence-corrected chi connectivity index (χ2v) is 5.81. The van der Waals surface area contributed by atoms with Crippen molar-refractivity contribution in [2.45, 2.75) is 59.3 Å². The van der Waals surface area contributed by atoms with Gasteiger partial charge in [-0.1, -0.05) is 33.6 Å². The summed E-state index contributed by atoms with van der Waals surface area (Å²) < 4.78 is 0. The van der Waals surface area contributed by atoms with E-state index < -0.39 is 0 Å². The van der Waals surface area contributed by atoms with Gasteiger partial charge in [0.05, 0.1) is 0 Å². The molecule has 0 heterocycles. The first-order valence-corrected chi connectivity index (χ1v) is 6.18. The third-order valence-corrected chi connectivity index (χ3v) is 4.58. The highest BCUT2D eigenvalue weighted by Crippen LogP contribution is 2.69. The molecule has 0 aliphatic heterocycles. The van der Waals surface area contributed by atoms with Crippen LogP contribution in [0.15, 0.2) is 0 Å². The second kappa shape index (κ2) is 3.29. The van der Waals surface area contributed by atoms with E-state index in [-0.39, 0.29) is 0 Å². The topological polar surface area (TPSA) is 0 Å². The van der Waals surface area contributed by atoms with Crippen molar-refractivity contribution in [1.29, 1.82) is 0 Å². The van der Waals surface area contributed by atoms with Crippen molar-refractivity contribution < 1.29 is 0 Å². The van der Waals surface area contributed by atoms with Gasteiger partial charge in [0.2, 0.25) is 0 Å². The van der Waals surface area contributed by atoms with Crippen molar-refractivity contribution in [3.8, 4) is 0 Å². The summed E-state index contributed by atoms with van der Waals surface area (Å²) >= 11 is 0. The van der Waals surface area contributed by atoms with Crippen molar-refractivity contribution in [2.24, 2.45) is 23.2 Å². The predicted molar refractivity (Wildman–Crippen MR) is 57.6 cm³/mol. The van der Waals surface area contributed by atoms with Crippen LogP contribution < -0.4 is 0 Å². The van der Waals surface area contributed by atoms with E-state index in [1.165, 1.54) is 19.3 Å². The molecule has 3 unspecified atom stereocenters. The Morgan fingerprint density at radius 2 is 2.15 bits per heavy atom. The van der Waals surface area contributed by atoms with E-state index in [0.29, 0.717) is 0 Å². The minimum atomic E-state index is 0.866. The number of hydrogen-bond donors (Lipinski definition) is 0. The predicted octanol–water partition coefficient (Wildman–Crippen LogP) is 4.25. The number of fused-ring (bicyclic) bond motifs is 1. The molecule has 76 valence electrons. The third kappa shape index (κ3) is 1.65. The summed E-state index contributed by atoms with van der Waals surface area (Å²) in [5, 5.41) is 0. The standard InChI is InChI=1S/C13H24/c1-4-11-6-8-13(9-12(11)13)7-5-10(2)3/h10-12H,4-9H2,1-3H3. The van der Waals surface area contributed by atoms with Crippen LogP contribution in [0, 0.1) is 23.2 Å². The van der Waals surface area contributed by atoms with Crippen molar-refractivity contribution in [3.05, 3.63) is 0 Å². The normalized spacial score (nSPS) is 42.5. The molecule has 0 amide bonds. The monoisotopic (exact) mass is 180 g/mol. The van der Waals surface area contributed by atoms with Crippen LogP contribution in [0.25, 0.3) is 0 Å². The zero-order chi connectivity index (χ0) is 9.47. The Hall–Kier alpha value is 0. The van der Waals surface area contributed by atoms with Gasteiger partial charge in [0, 0.05) is 0 Å². The molecule has 0 heteroatoms. The molecular formula is C13H24. The van der Waals surface area contributed by atoms with E-state index in [2.05, 4.69) is 20.8 Å². The maximum Gasteiger partial charge on any atom is -0.0263 e. The fourth-order valence-electron chi connectivity index (χ4n) is 3.48. The van der Waals surface area contributed by atoms with Gasteiger partial charge < -0.3 is 0 Å². The molecule has 0 spiro atoms. The van der Waals surface area contributed by atoms with E-state index in [1.807, 2.05) is 0 Å². The lowest BCUT2D eigenvalue weighted by Crippen LogP contribution is -2.01. The average Bonchev–Trinajstić information content (AvgIpc) is 2.71. The molecule has 2 fully saturated rings. The number of hydrogen-bond acceptors (Lipinski definition) is 0. The molecule has 0 nitrogen and oxygen atoms in total. The smallest absolute Gasteiger partial charge is 0.0263 e. The zero-order valence-electron chi connectivity index (χ0n) is 9.47. The largest absolute Gasteiger partial charge is 0.0651 e. The molecular weight excluding hydrogens is 156 g/mol. The molecule has 2 saturated carbocycles. The molecule has 0 aromatic carbocycles. The van der Waals surface area contributed by atoms with Gasteiger partial charge in [-0.05, 0) is 48.9 Å². The Morgan fingerprint density at radius 3 is 2.62 bits per heavy atom. The Morgan fingerprint density at radius 1 is 1.38 bits per heavy atom. The van der Waals surface area contributed by atoms with Crippen LogP contribution in [0.3, 0.4) is 0 Å². The molecule has 0 N–H and O–H groups in total. The molecule has 2 aliphatic carbocycles. The third-order valence-electron chi connectivity index (χ3n) is 4.58. The molecule has 0 aromatic rings. The summed E-state index contributed by atoms with van der Waals surface area (Å²) in [4.78, 5) is 0. The molecule has 0 radical (unpaired) electrons. The first-order valence-electron chi connectivity index (χ1n) is 6.18. The van der Waals surface area contributed by atoms with Gasteiger partial charge >= 0.3 is 0 Å². The van der Waals surface area contributed by atoms with Crippen LogP contribution in [0.5, 0.6) is 0 Å². The van der Waals surface area contributed by atoms with Crippen molar-refractivity contribution in [3.63, 3.8) is 0 Å². The summed E-state index contributed by atoms with van der Waals surface area (Å²) in [5.74, 6) is 3.17. The Labute approximate surface area is 83.1 Å². The van der Waals surface area contributed by atoms with Gasteiger partial charge in [0.15, 0.2) is 0 Å². The minimum Gasteiger partial charge on any atom is -0.0651 e. The van der Waals surface area contributed by atoms with Gasteiger partial charge in [0.25, 0.3) is 0 Å². The quantitative estimate of drug-likeness (QED) is 0.606. The van der Waals surface area contributed by atoms with Crippen LogP contribution in [-0.4, -0.2) is 0 Å². The van der Waals surface area contributed by atoms with Crippen LogP contribution in [-0.2, 0) is 0 Å². The molecule has 13 heavy (non-hydrogen) atoms. The van der Waals surface area contributed by atoms with Crippen LogP contribution >= 0.6 is 0 Å². The maximum absolute atomic E-state index is 2.38. The van der Waals surface area contributed by atoms with E-state index in [9.17, 15) is 0 Å². The highest BCUT2D eigenvalue weighted by molar-refractivity contribution is 5.09. The highest BCUT2D eigenvalue weighted by atomic mass is 14.6. The summed E-state index contributed by atoms with van der Waals surface area (Å²) in [6, 6.07) is 0. The van der Waals surface area contributed by atoms with Crippen LogP contribution in [0.2, 0.25) is 0 Å². The maximum atomic E-state index is 2.38. The minimum absolute atomic E-state index is 0.866. The van der Waals surface area contributed by atoms with Crippen LogP contribution in [0.4, 0.5) is 0 Å². The summed E-state index contributed by atoms with van der Waals surface area (Å²) in [6.45, 7) is 7.10. The molecule has 0 bridgehead atoms. The van der Waals surface area contributed by atoms with E-state index in [4.69, 9.17) is 0 Å². The first-order chi connectivity index (χ1) is 6.18. The molecule has 2 aliphatic rings. The van der Waals surface area contributed by atoms with Gasteiger partial charge in [0.1, 0.15) is 0 Å². The Bertz CT molecular complexity index is 182. The highest BCUT2D eigenvalue weighted by Gasteiger charge is 2.59. The lowest BCUT2D eigenvalue weighted by atomic mass is 9.93. The van der Waals surface area contributed by atoms with Crippen molar-refractivity contribution in [1.82, 2.24) is 0 Å². The Balaban J connectivity index is 1.82. The van der Waals surface area contributed by atoms with Crippen molar-refractivity contribution in [2.75, 3.05) is 0 Å². The molecule has 0 saturated heterocycles. The van der Waals surface area contributed by atoms with E-state index >= 15 is 0 Å². The van der Waals surface area contributed by atoms with Crippen LogP contribution in [0.1, 0.15) is 59.3 Å². The summed E-state index contributed by atoms with van der Waals surface area (Å²) in [6.07, 6.45) is 9.12. The summed E-state index contributed by atoms with van der Waals surface area (Å²) in [5.41, 5.74) is 0.866. The fourth-order valence-corrected chi connectivity index (χ4v) is 3.48. The van der Waals surface area contributed by atoms with Gasteiger partial charge in [-0.3, -0.25) is 0 Å². The van der Waals surface area contributed by atoms with Crippen molar-refractivity contribution >= 4 is 0 Å². The zero-order valence-corrected chi connectivity index (χ0v) is 9.47. The first kappa shape index (κ1) is 9.55. The van der Waals surface area contributed by atoms with Gasteiger partial charge in [-0.15, -0.1) is 0 Å². The number of rotatable bonds is 4. The second-order valence-electron chi connectivity index (χ2n) is 5.81. The molecule has 0 aromatic heterocycles. The van der Waals surface area contributed by atoms with E-state index in [1.54, 1.807) is 19.3 Å². The van der Waals surface area contributed by atoms with Gasteiger partial charge in [-0.2, -0.15) is 0 Å². The van der Waals surface area contributed by atoms with Gasteiger partial charge in [-0.25, -0.2) is 0 Å². The average molecular weight is 180 g/mol. The fraction of sp³-hybridized carbons (Fsp3) is 1.00. The molecule has 2 rings (SSSR count).